The third-order valence-electron chi connectivity index (χ3n) is 4.57. The molecule has 1 saturated heterocycles. The first-order valence-electron chi connectivity index (χ1n) is 8.32. The molecule has 3 aromatic rings. The summed E-state index contributed by atoms with van der Waals surface area (Å²) in [7, 11) is 1.72. The molecule has 25 heavy (non-hydrogen) atoms. The average molecular weight is 340 g/mol. The first-order chi connectivity index (χ1) is 12.1. The van der Waals surface area contributed by atoms with E-state index in [1.807, 2.05) is 25.1 Å². The monoisotopic (exact) mass is 340 g/mol. The van der Waals surface area contributed by atoms with E-state index in [0.717, 1.165) is 37.4 Å². The third kappa shape index (κ3) is 3.12. The van der Waals surface area contributed by atoms with Gasteiger partial charge in [-0.3, -0.25) is 9.69 Å². The summed E-state index contributed by atoms with van der Waals surface area (Å²) in [5.41, 5.74) is 1.82. The van der Waals surface area contributed by atoms with Gasteiger partial charge in [0.25, 0.3) is 5.56 Å². The standard InChI is InChI=1S/C17H20N6O2/c1-12-19-16(25-20-12)10-22-5-7-23(8-6-22)13-3-4-14-15(9-13)18-11-21(2)17(14)24/h3-4,9,11H,5-8,10H2,1-2H3. The van der Waals surface area contributed by atoms with Gasteiger partial charge < -0.3 is 14.0 Å². The van der Waals surface area contributed by atoms with Crippen LogP contribution in [0.5, 0.6) is 0 Å². The molecule has 1 aliphatic heterocycles. The van der Waals surface area contributed by atoms with E-state index in [4.69, 9.17) is 4.52 Å². The molecule has 4 rings (SSSR count). The van der Waals surface area contributed by atoms with Gasteiger partial charge in [0, 0.05) is 38.9 Å². The van der Waals surface area contributed by atoms with Crippen molar-refractivity contribution in [2.75, 3.05) is 31.1 Å². The number of hydrogen-bond donors (Lipinski definition) is 0. The van der Waals surface area contributed by atoms with Crippen LogP contribution in [-0.2, 0) is 13.6 Å². The summed E-state index contributed by atoms with van der Waals surface area (Å²) in [4.78, 5) is 25.4. The zero-order chi connectivity index (χ0) is 17.4. The summed E-state index contributed by atoms with van der Waals surface area (Å²) >= 11 is 0. The maximum atomic E-state index is 12.1. The van der Waals surface area contributed by atoms with Gasteiger partial charge in [0.05, 0.1) is 23.8 Å². The fourth-order valence-corrected chi connectivity index (χ4v) is 3.16. The Hall–Kier alpha value is -2.74. The molecule has 8 heteroatoms. The van der Waals surface area contributed by atoms with Gasteiger partial charge >= 0.3 is 0 Å². The summed E-state index contributed by atoms with van der Waals surface area (Å²) in [6, 6.07) is 5.86. The predicted octanol–water partition coefficient (Wildman–Crippen LogP) is 0.947. The number of rotatable bonds is 3. The predicted molar refractivity (Wildman–Crippen MR) is 93.5 cm³/mol. The maximum Gasteiger partial charge on any atom is 0.260 e. The van der Waals surface area contributed by atoms with E-state index < -0.39 is 0 Å². The van der Waals surface area contributed by atoms with Crippen LogP contribution in [0.4, 0.5) is 5.69 Å². The molecule has 0 saturated carbocycles. The normalized spacial score (nSPS) is 15.8. The number of fused-ring (bicyclic) bond motifs is 1. The molecule has 8 nitrogen and oxygen atoms in total. The van der Waals surface area contributed by atoms with Gasteiger partial charge in [-0.1, -0.05) is 5.16 Å². The largest absolute Gasteiger partial charge is 0.369 e. The van der Waals surface area contributed by atoms with Crippen LogP contribution in [0, 0.1) is 6.92 Å². The summed E-state index contributed by atoms with van der Waals surface area (Å²) in [6.07, 6.45) is 1.57. The lowest BCUT2D eigenvalue weighted by molar-refractivity contribution is 0.215. The molecule has 3 heterocycles. The Labute approximate surface area is 144 Å². The highest BCUT2D eigenvalue weighted by Gasteiger charge is 2.19. The lowest BCUT2D eigenvalue weighted by atomic mass is 10.2. The van der Waals surface area contributed by atoms with Crippen LogP contribution >= 0.6 is 0 Å². The van der Waals surface area contributed by atoms with Crippen molar-refractivity contribution in [3.63, 3.8) is 0 Å². The summed E-state index contributed by atoms with van der Waals surface area (Å²) < 4.78 is 6.69. The molecule has 2 aromatic heterocycles. The van der Waals surface area contributed by atoms with Crippen molar-refractivity contribution < 1.29 is 4.52 Å². The zero-order valence-electron chi connectivity index (χ0n) is 14.3. The van der Waals surface area contributed by atoms with Gasteiger partial charge in [-0.25, -0.2) is 4.98 Å². The van der Waals surface area contributed by atoms with Crippen molar-refractivity contribution in [2.24, 2.45) is 7.05 Å². The zero-order valence-corrected chi connectivity index (χ0v) is 14.3. The van der Waals surface area contributed by atoms with Crippen molar-refractivity contribution in [2.45, 2.75) is 13.5 Å². The minimum atomic E-state index is -0.0174. The lowest BCUT2D eigenvalue weighted by Gasteiger charge is -2.35. The molecule has 1 aliphatic rings. The Morgan fingerprint density at radius 1 is 1.20 bits per heavy atom. The maximum absolute atomic E-state index is 12.1. The molecule has 0 atom stereocenters. The summed E-state index contributed by atoms with van der Waals surface area (Å²) in [5.74, 6) is 1.33. The van der Waals surface area contributed by atoms with Crippen LogP contribution in [-0.4, -0.2) is 50.8 Å². The minimum Gasteiger partial charge on any atom is -0.369 e. The van der Waals surface area contributed by atoms with Crippen LogP contribution in [0.15, 0.2) is 33.8 Å². The van der Waals surface area contributed by atoms with Crippen LogP contribution in [0.25, 0.3) is 10.9 Å². The highest BCUT2D eigenvalue weighted by Crippen LogP contribution is 2.20. The second-order valence-electron chi connectivity index (χ2n) is 6.36. The van der Waals surface area contributed by atoms with Gasteiger partial charge in [-0.15, -0.1) is 0 Å². The minimum absolute atomic E-state index is 0.0174. The van der Waals surface area contributed by atoms with Crippen molar-refractivity contribution in [3.05, 3.63) is 46.6 Å². The molecular weight excluding hydrogens is 320 g/mol. The fourth-order valence-electron chi connectivity index (χ4n) is 3.16. The highest BCUT2D eigenvalue weighted by atomic mass is 16.5. The van der Waals surface area contributed by atoms with E-state index in [0.29, 0.717) is 23.6 Å². The van der Waals surface area contributed by atoms with E-state index in [1.165, 1.54) is 4.57 Å². The topological polar surface area (TPSA) is 80.3 Å². The van der Waals surface area contributed by atoms with Crippen molar-refractivity contribution in [1.82, 2.24) is 24.6 Å². The van der Waals surface area contributed by atoms with E-state index in [-0.39, 0.29) is 5.56 Å². The molecule has 0 unspecified atom stereocenters. The molecule has 0 N–H and O–H groups in total. The van der Waals surface area contributed by atoms with Gasteiger partial charge in [-0.05, 0) is 25.1 Å². The Morgan fingerprint density at radius 2 is 2.00 bits per heavy atom. The summed E-state index contributed by atoms with van der Waals surface area (Å²) in [6.45, 7) is 6.16. The molecule has 1 aromatic carbocycles. The van der Waals surface area contributed by atoms with E-state index in [1.54, 1.807) is 13.4 Å². The van der Waals surface area contributed by atoms with E-state index in [9.17, 15) is 4.79 Å². The number of benzene rings is 1. The van der Waals surface area contributed by atoms with E-state index in [2.05, 4.69) is 24.9 Å². The molecular formula is C17H20N6O2. The molecule has 0 spiro atoms. The second-order valence-corrected chi connectivity index (χ2v) is 6.36. The van der Waals surface area contributed by atoms with Crippen LogP contribution in [0.3, 0.4) is 0 Å². The number of hydrogen-bond acceptors (Lipinski definition) is 7. The van der Waals surface area contributed by atoms with Crippen molar-refractivity contribution in [3.8, 4) is 0 Å². The fraction of sp³-hybridized carbons (Fsp3) is 0.412. The number of anilines is 1. The van der Waals surface area contributed by atoms with Gasteiger partial charge in [0.2, 0.25) is 5.89 Å². The Bertz CT molecular complexity index is 955. The number of piperazine rings is 1. The first kappa shape index (κ1) is 15.8. The highest BCUT2D eigenvalue weighted by molar-refractivity contribution is 5.81. The SMILES string of the molecule is Cc1noc(CN2CCN(c3ccc4c(=O)n(C)cnc4c3)CC2)n1. The molecule has 130 valence electrons. The molecule has 0 radical (unpaired) electrons. The molecule has 1 fully saturated rings. The van der Waals surface area contributed by atoms with Gasteiger partial charge in [0.15, 0.2) is 5.82 Å². The number of nitrogens with zero attached hydrogens (tertiary/aromatic N) is 6. The number of aryl methyl sites for hydroxylation is 2. The molecule has 0 amide bonds. The van der Waals surface area contributed by atoms with Crippen LogP contribution < -0.4 is 10.5 Å². The Kier molecular flexibility index (Phi) is 3.96. The molecule has 0 bridgehead atoms. The number of aromatic nitrogens is 4. The van der Waals surface area contributed by atoms with E-state index >= 15 is 0 Å². The average Bonchev–Trinajstić information content (AvgIpc) is 3.03. The van der Waals surface area contributed by atoms with Crippen molar-refractivity contribution in [1.29, 1.82) is 0 Å². The van der Waals surface area contributed by atoms with Gasteiger partial charge in [0.1, 0.15) is 0 Å². The molecule has 0 aliphatic carbocycles. The first-order valence-corrected chi connectivity index (χ1v) is 8.32. The Morgan fingerprint density at radius 3 is 2.72 bits per heavy atom. The summed E-state index contributed by atoms with van der Waals surface area (Å²) in [5, 5.41) is 4.48. The Balaban J connectivity index is 1.46. The van der Waals surface area contributed by atoms with Crippen LogP contribution in [0.1, 0.15) is 11.7 Å². The van der Waals surface area contributed by atoms with Crippen LogP contribution in [0.2, 0.25) is 0 Å². The third-order valence-corrected chi connectivity index (χ3v) is 4.57. The van der Waals surface area contributed by atoms with Crippen molar-refractivity contribution >= 4 is 16.6 Å². The lowest BCUT2D eigenvalue weighted by Crippen LogP contribution is -2.46. The quantitative estimate of drug-likeness (QED) is 0.702. The smallest absolute Gasteiger partial charge is 0.260 e. The van der Waals surface area contributed by atoms with Gasteiger partial charge in [-0.2, -0.15) is 4.98 Å². The second kappa shape index (κ2) is 6.29.